The Kier molecular flexibility index (Phi) is 4.06. The smallest absolute Gasteiger partial charge is 0.426 e. The first-order chi connectivity index (χ1) is 8.98. The van der Waals surface area contributed by atoms with Gasteiger partial charge in [-0.1, -0.05) is 0 Å². The summed E-state index contributed by atoms with van der Waals surface area (Å²) < 4.78 is 101. The van der Waals surface area contributed by atoms with E-state index in [9.17, 15) is 39.9 Å². The van der Waals surface area contributed by atoms with Gasteiger partial charge in [-0.2, -0.15) is 13.2 Å². The molecule has 0 bridgehead atoms. The van der Waals surface area contributed by atoms with Crippen molar-refractivity contribution in [2.75, 3.05) is 0 Å². The van der Waals surface area contributed by atoms with Gasteiger partial charge in [-0.3, -0.25) is 0 Å². The van der Waals surface area contributed by atoms with Crippen LogP contribution >= 0.6 is 0 Å². The second-order valence-corrected chi connectivity index (χ2v) is 3.34. The van der Waals surface area contributed by atoms with Crippen molar-refractivity contribution in [1.29, 1.82) is 0 Å². The Balaban J connectivity index is 3.71. The summed E-state index contributed by atoms with van der Waals surface area (Å²) in [6.07, 6.45) is -5.76. The summed E-state index contributed by atoms with van der Waals surface area (Å²) >= 11 is 0. The lowest BCUT2D eigenvalue weighted by Gasteiger charge is -2.10. The van der Waals surface area contributed by atoms with Gasteiger partial charge in [-0.05, 0) is 6.07 Å². The zero-order chi connectivity index (χ0) is 15.8. The van der Waals surface area contributed by atoms with E-state index < -0.39 is 58.4 Å². The third kappa shape index (κ3) is 2.73. The highest BCUT2D eigenvalue weighted by Crippen LogP contribution is 2.35. The number of hydrogen-bond donors (Lipinski definition) is 1. The SMILES string of the molecule is O=C(O)C(=C(F)c1cc(F)c(F)c(F)c1F)C(F)(F)F. The average molecular weight is 306 g/mol. The summed E-state index contributed by atoms with van der Waals surface area (Å²) in [6, 6.07) is -0.419. The molecular weight excluding hydrogens is 304 g/mol. The molecule has 0 saturated heterocycles. The van der Waals surface area contributed by atoms with Gasteiger partial charge in [0.1, 0.15) is 0 Å². The van der Waals surface area contributed by atoms with E-state index in [4.69, 9.17) is 5.11 Å². The Bertz CT molecular complexity index is 602. The molecule has 1 rings (SSSR count). The van der Waals surface area contributed by atoms with Gasteiger partial charge >= 0.3 is 12.1 Å². The Labute approximate surface area is 104 Å². The summed E-state index contributed by atoms with van der Waals surface area (Å²) in [5.41, 5.74) is -4.86. The molecule has 0 atom stereocenters. The molecule has 0 aliphatic rings. The van der Waals surface area contributed by atoms with Crippen LogP contribution in [0.5, 0.6) is 0 Å². The van der Waals surface area contributed by atoms with Crippen LogP contribution in [0.4, 0.5) is 35.1 Å². The van der Waals surface area contributed by atoms with Gasteiger partial charge in [0.2, 0.25) is 0 Å². The van der Waals surface area contributed by atoms with E-state index in [0.717, 1.165) is 0 Å². The fraction of sp³-hybridized carbons (Fsp3) is 0.100. The maximum Gasteiger partial charge on any atom is 0.426 e. The minimum absolute atomic E-state index is 0.419. The fourth-order valence-electron chi connectivity index (χ4n) is 1.21. The van der Waals surface area contributed by atoms with E-state index in [0.29, 0.717) is 0 Å². The van der Waals surface area contributed by atoms with E-state index >= 15 is 0 Å². The summed E-state index contributed by atoms with van der Waals surface area (Å²) in [4.78, 5) is 10.3. The number of carboxylic acids is 1. The molecule has 1 N–H and O–H groups in total. The van der Waals surface area contributed by atoms with Crippen LogP contribution in [-0.2, 0) is 4.79 Å². The molecule has 0 spiro atoms. The molecule has 0 fully saturated rings. The summed E-state index contributed by atoms with van der Waals surface area (Å²) in [5.74, 6) is -15.2. The molecule has 1 aromatic rings. The quantitative estimate of drug-likeness (QED) is 0.392. The average Bonchev–Trinajstić information content (AvgIpc) is 2.28. The zero-order valence-corrected chi connectivity index (χ0v) is 8.96. The lowest BCUT2D eigenvalue weighted by Crippen LogP contribution is -2.21. The van der Waals surface area contributed by atoms with Crippen LogP contribution in [-0.4, -0.2) is 17.3 Å². The first-order valence-electron chi connectivity index (χ1n) is 4.52. The number of halogens is 8. The van der Waals surface area contributed by atoms with Crippen molar-refractivity contribution in [3.63, 3.8) is 0 Å². The maximum atomic E-state index is 13.4. The Morgan fingerprint density at radius 1 is 1.00 bits per heavy atom. The third-order valence-electron chi connectivity index (χ3n) is 2.06. The highest BCUT2D eigenvalue weighted by atomic mass is 19.4. The molecule has 110 valence electrons. The van der Waals surface area contributed by atoms with Crippen molar-refractivity contribution in [3.8, 4) is 0 Å². The van der Waals surface area contributed by atoms with Crippen LogP contribution in [0.25, 0.3) is 5.83 Å². The molecule has 0 heterocycles. The normalized spacial score (nSPS) is 13.2. The van der Waals surface area contributed by atoms with Crippen LogP contribution in [0.2, 0.25) is 0 Å². The molecule has 0 radical (unpaired) electrons. The minimum atomic E-state index is -5.76. The fourth-order valence-corrected chi connectivity index (χ4v) is 1.21. The van der Waals surface area contributed by atoms with Crippen LogP contribution in [0, 0.1) is 23.3 Å². The van der Waals surface area contributed by atoms with Gasteiger partial charge in [0, 0.05) is 0 Å². The van der Waals surface area contributed by atoms with Crippen molar-refractivity contribution in [2.24, 2.45) is 0 Å². The van der Waals surface area contributed by atoms with E-state index in [1.807, 2.05) is 0 Å². The highest BCUT2D eigenvalue weighted by molar-refractivity contribution is 5.96. The number of benzene rings is 1. The van der Waals surface area contributed by atoms with Crippen molar-refractivity contribution in [2.45, 2.75) is 6.18 Å². The van der Waals surface area contributed by atoms with Crippen LogP contribution < -0.4 is 0 Å². The van der Waals surface area contributed by atoms with Crippen LogP contribution in [0.15, 0.2) is 11.6 Å². The van der Waals surface area contributed by atoms with Crippen molar-refractivity contribution < 1.29 is 45.0 Å². The van der Waals surface area contributed by atoms with Crippen molar-refractivity contribution in [3.05, 3.63) is 40.5 Å². The first-order valence-corrected chi connectivity index (χ1v) is 4.52. The topological polar surface area (TPSA) is 37.3 Å². The van der Waals surface area contributed by atoms with Crippen molar-refractivity contribution >= 4 is 11.8 Å². The lowest BCUT2D eigenvalue weighted by molar-refractivity contribution is -0.144. The van der Waals surface area contributed by atoms with Gasteiger partial charge < -0.3 is 5.11 Å². The molecule has 2 nitrogen and oxygen atoms in total. The molecule has 0 aromatic heterocycles. The standard InChI is InChI=1S/C10H2F8O2/c11-3-1-2(6(13)8(15)7(3)14)5(12)4(9(19)20)10(16,17)18/h1H,(H,19,20). The Morgan fingerprint density at radius 2 is 1.50 bits per heavy atom. The highest BCUT2D eigenvalue weighted by Gasteiger charge is 2.43. The second-order valence-electron chi connectivity index (χ2n) is 3.34. The maximum absolute atomic E-state index is 13.4. The van der Waals surface area contributed by atoms with E-state index in [2.05, 4.69) is 0 Å². The number of alkyl halides is 3. The van der Waals surface area contributed by atoms with Gasteiger partial charge in [0.25, 0.3) is 0 Å². The molecule has 0 aliphatic heterocycles. The van der Waals surface area contributed by atoms with Gasteiger partial charge in [0.05, 0.1) is 5.56 Å². The third-order valence-corrected chi connectivity index (χ3v) is 2.06. The number of carboxylic acid groups (broad SMARTS) is 1. The number of carbonyl (C=O) groups is 1. The zero-order valence-electron chi connectivity index (χ0n) is 8.96. The number of hydrogen-bond acceptors (Lipinski definition) is 1. The largest absolute Gasteiger partial charge is 0.478 e. The van der Waals surface area contributed by atoms with Crippen LogP contribution in [0.1, 0.15) is 5.56 Å². The van der Waals surface area contributed by atoms with Gasteiger partial charge in [-0.15, -0.1) is 0 Å². The predicted molar refractivity (Wildman–Crippen MR) is 48.0 cm³/mol. The lowest BCUT2D eigenvalue weighted by atomic mass is 10.1. The predicted octanol–water partition coefficient (Wildman–Crippen LogP) is 3.57. The van der Waals surface area contributed by atoms with E-state index in [-0.39, 0.29) is 0 Å². The second kappa shape index (κ2) is 5.10. The molecule has 1 aromatic carbocycles. The van der Waals surface area contributed by atoms with E-state index in [1.165, 1.54) is 0 Å². The Hall–Kier alpha value is -2.13. The molecule has 0 saturated carbocycles. The van der Waals surface area contributed by atoms with Gasteiger partial charge in [-0.25, -0.2) is 26.7 Å². The molecule has 0 amide bonds. The minimum Gasteiger partial charge on any atom is -0.478 e. The van der Waals surface area contributed by atoms with Crippen molar-refractivity contribution in [1.82, 2.24) is 0 Å². The molecule has 0 aliphatic carbocycles. The molecule has 20 heavy (non-hydrogen) atoms. The Morgan fingerprint density at radius 3 is 1.90 bits per heavy atom. The first kappa shape index (κ1) is 15.9. The van der Waals surface area contributed by atoms with Crippen LogP contribution in [0.3, 0.4) is 0 Å². The molecular formula is C10H2F8O2. The molecule has 0 unspecified atom stereocenters. The summed E-state index contributed by atoms with van der Waals surface area (Å²) in [7, 11) is 0. The summed E-state index contributed by atoms with van der Waals surface area (Å²) in [5, 5.41) is 8.22. The monoisotopic (exact) mass is 306 g/mol. The van der Waals surface area contributed by atoms with E-state index in [1.54, 1.807) is 0 Å². The van der Waals surface area contributed by atoms with Gasteiger partial charge in [0.15, 0.2) is 34.7 Å². The number of rotatable bonds is 2. The summed E-state index contributed by atoms with van der Waals surface area (Å²) in [6.45, 7) is 0. The number of aliphatic carboxylic acids is 1. The molecule has 10 heteroatoms.